The Labute approximate surface area is 183 Å². The highest BCUT2D eigenvalue weighted by Gasteiger charge is 2.13. The molecule has 29 heavy (non-hydrogen) atoms. The average Bonchev–Trinajstić information content (AvgIpc) is 2.64. The first kappa shape index (κ1) is 22.6. The van der Waals surface area contributed by atoms with E-state index in [9.17, 15) is 4.79 Å². The summed E-state index contributed by atoms with van der Waals surface area (Å²) in [5, 5.41) is 7.71. The molecule has 0 spiro atoms. The van der Waals surface area contributed by atoms with Gasteiger partial charge in [-0.2, -0.15) is 5.10 Å². The second kappa shape index (κ2) is 10.8. The third-order valence-corrected chi connectivity index (χ3v) is 4.57. The van der Waals surface area contributed by atoms with E-state index in [1.54, 1.807) is 18.3 Å². The molecule has 9 heteroatoms. The highest BCUT2D eigenvalue weighted by atomic mass is 79.9. The van der Waals surface area contributed by atoms with Crippen molar-refractivity contribution >= 4 is 51.1 Å². The Hall–Kier alpha value is -2.65. The van der Waals surface area contributed by atoms with Crippen LogP contribution in [0.5, 0.6) is 11.5 Å². The van der Waals surface area contributed by atoms with Gasteiger partial charge in [0.05, 0.1) is 17.3 Å². The van der Waals surface area contributed by atoms with Crippen LogP contribution in [-0.2, 0) is 4.79 Å². The van der Waals surface area contributed by atoms with Crippen LogP contribution in [-0.4, -0.2) is 30.4 Å². The van der Waals surface area contributed by atoms with E-state index in [0.29, 0.717) is 27.7 Å². The molecular formula is C20H23BrN4O3S. The van der Waals surface area contributed by atoms with Crippen LogP contribution in [0.2, 0.25) is 0 Å². The number of aryl methyl sites for hydroxylation is 2. The van der Waals surface area contributed by atoms with Crippen LogP contribution in [0.15, 0.2) is 39.9 Å². The number of nitrogens with two attached hydrogens (primary N) is 1. The molecule has 1 amide bonds. The largest absolute Gasteiger partial charge is 0.490 e. The fourth-order valence-corrected chi connectivity index (χ4v) is 3.26. The van der Waals surface area contributed by atoms with Gasteiger partial charge in [-0.15, -0.1) is 0 Å². The summed E-state index contributed by atoms with van der Waals surface area (Å²) in [5.41, 5.74) is 11.8. The Balaban J connectivity index is 2.09. The fourth-order valence-electron chi connectivity index (χ4n) is 2.53. The number of hydrogen-bond donors (Lipinski definition) is 3. The van der Waals surface area contributed by atoms with Crippen molar-refractivity contribution in [3.05, 3.63) is 51.5 Å². The van der Waals surface area contributed by atoms with E-state index in [0.717, 1.165) is 22.4 Å². The van der Waals surface area contributed by atoms with Gasteiger partial charge >= 0.3 is 0 Å². The number of rotatable bonds is 8. The molecule has 0 unspecified atom stereocenters. The molecule has 2 aromatic rings. The Morgan fingerprint density at radius 2 is 1.97 bits per heavy atom. The molecule has 0 aromatic heterocycles. The number of hydrazone groups is 1. The minimum atomic E-state index is -0.570. The van der Waals surface area contributed by atoms with E-state index in [1.165, 1.54) is 0 Å². The lowest BCUT2D eigenvalue weighted by Gasteiger charge is -2.14. The van der Waals surface area contributed by atoms with Gasteiger partial charge in [0.15, 0.2) is 23.2 Å². The molecule has 7 nitrogen and oxygen atoms in total. The Morgan fingerprint density at radius 1 is 1.28 bits per heavy atom. The monoisotopic (exact) mass is 478 g/mol. The van der Waals surface area contributed by atoms with Crippen LogP contribution in [0.1, 0.15) is 23.6 Å². The van der Waals surface area contributed by atoms with E-state index in [4.69, 9.17) is 27.4 Å². The summed E-state index contributed by atoms with van der Waals surface area (Å²) in [7, 11) is 0. The number of thiocarbonyl (C=S) groups is 1. The molecule has 0 fully saturated rings. The molecule has 154 valence electrons. The van der Waals surface area contributed by atoms with Crippen molar-refractivity contribution in [2.75, 3.05) is 18.5 Å². The number of nitrogens with zero attached hydrogens (tertiary/aromatic N) is 1. The highest BCUT2D eigenvalue weighted by Crippen LogP contribution is 2.36. The van der Waals surface area contributed by atoms with Gasteiger partial charge in [0.2, 0.25) is 0 Å². The zero-order chi connectivity index (χ0) is 21.4. The minimum Gasteiger partial charge on any atom is -0.490 e. The third kappa shape index (κ3) is 6.72. The van der Waals surface area contributed by atoms with Gasteiger partial charge in [-0.25, -0.2) is 0 Å². The van der Waals surface area contributed by atoms with E-state index >= 15 is 0 Å². The van der Waals surface area contributed by atoms with Crippen LogP contribution in [0.3, 0.4) is 0 Å². The molecule has 0 atom stereocenters. The molecule has 4 N–H and O–H groups in total. The average molecular weight is 479 g/mol. The lowest BCUT2D eigenvalue weighted by Crippen LogP contribution is -2.24. The summed E-state index contributed by atoms with van der Waals surface area (Å²) in [6.45, 7) is 6.06. The van der Waals surface area contributed by atoms with Gasteiger partial charge in [-0.05, 0) is 77.7 Å². The zero-order valence-corrected chi connectivity index (χ0v) is 18.8. The molecule has 0 bridgehead atoms. The number of hydrogen-bond acceptors (Lipinski definition) is 5. The van der Waals surface area contributed by atoms with E-state index in [-0.39, 0.29) is 6.61 Å². The Kier molecular flexibility index (Phi) is 8.41. The summed E-state index contributed by atoms with van der Waals surface area (Å²) in [6, 6.07) is 9.55. The summed E-state index contributed by atoms with van der Waals surface area (Å²) >= 11 is 8.73. The van der Waals surface area contributed by atoms with E-state index in [1.807, 2.05) is 39.0 Å². The first-order valence-corrected chi connectivity index (χ1v) is 10.1. The van der Waals surface area contributed by atoms with Gasteiger partial charge in [-0.1, -0.05) is 18.2 Å². The molecular weight excluding hydrogens is 456 g/mol. The molecule has 0 aliphatic heterocycles. The number of carbonyl (C=O) groups excluding carboxylic acids is 1. The van der Waals surface area contributed by atoms with Crippen molar-refractivity contribution in [2.24, 2.45) is 10.8 Å². The minimum absolute atomic E-state index is 0.244. The molecule has 0 aliphatic carbocycles. The van der Waals surface area contributed by atoms with Crippen molar-refractivity contribution in [2.45, 2.75) is 20.8 Å². The van der Waals surface area contributed by atoms with Crippen molar-refractivity contribution < 1.29 is 14.3 Å². The lowest BCUT2D eigenvalue weighted by atomic mass is 10.1. The van der Waals surface area contributed by atoms with Crippen LogP contribution < -0.4 is 25.9 Å². The number of primary amides is 1. The first-order valence-electron chi connectivity index (χ1n) is 8.85. The summed E-state index contributed by atoms with van der Waals surface area (Å²) in [4.78, 5) is 11.0. The van der Waals surface area contributed by atoms with Crippen LogP contribution in [0, 0.1) is 13.8 Å². The molecule has 2 aromatic carbocycles. The fraction of sp³-hybridized carbons (Fsp3) is 0.250. The van der Waals surface area contributed by atoms with Crippen molar-refractivity contribution in [3.63, 3.8) is 0 Å². The molecule has 0 saturated heterocycles. The maximum absolute atomic E-state index is 11.0. The second-order valence-electron chi connectivity index (χ2n) is 6.11. The second-order valence-corrected chi connectivity index (χ2v) is 7.37. The van der Waals surface area contributed by atoms with Gasteiger partial charge < -0.3 is 20.5 Å². The predicted octanol–water partition coefficient (Wildman–Crippen LogP) is 3.65. The lowest BCUT2D eigenvalue weighted by molar-refractivity contribution is -0.119. The third-order valence-electron chi connectivity index (χ3n) is 3.79. The summed E-state index contributed by atoms with van der Waals surface area (Å²) in [5.74, 6) is 0.308. The maximum atomic E-state index is 11.0. The van der Waals surface area contributed by atoms with E-state index < -0.39 is 5.91 Å². The summed E-state index contributed by atoms with van der Waals surface area (Å²) < 4.78 is 11.6. The number of benzene rings is 2. The van der Waals surface area contributed by atoms with Gasteiger partial charge in [0, 0.05) is 5.69 Å². The molecule has 0 saturated carbocycles. The smallest absolute Gasteiger partial charge is 0.255 e. The van der Waals surface area contributed by atoms with Gasteiger partial charge in [0.25, 0.3) is 5.91 Å². The van der Waals surface area contributed by atoms with Gasteiger partial charge in [0.1, 0.15) is 0 Å². The number of carbonyl (C=O) groups is 1. The van der Waals surface area contributed by atoms with Crippen LogP contribution in [0.4, 0.5) is 5.69 Å². The van der Waals surface area contributed by atoms with E-state index in [2.05, 4.69) is 31.8 Å². The van der Waals surface area contributed by atoms with Crippen LogP contribution >= 0.6 is 28.1 Å². The molecule has 0 heterocycles. The Morgan fingerprint density at radius 3 is 2.59 bits per heavy atom. The number of anilines is 1. The first-order chi connectivity index (χ1) is 13.8. The number of halogens is 1. The highest BCUT2D eigenvalue weighted by molar-refractivity contribution is 9.10. The number of amides is 1. The van der Waals surface area contributed by atoms with Gasteiger partial charge in [-0.3, -0.25) is 10.2 Å². The zero-order valence-electron chi connectivity index (χ0n) is 16.4. The van der Waals surface area contributed by atoms with Crippen molar-refractivity contribution in [1.29, 1.82) is 0 Å². The quantitative estimate of drug-likeness (QED) is 0.304. The number of para-hydroxylation sites is 1. The number of nitrogens with one attached hydrogen (secondary N) is 2. The molecule has 0 radical (unpaired) electrons. The molecule has 2 rings (SSSR count). The Bertz CT molecular complexity index is 914. The predicted molar refractivity (Wildman–Crippen MR) is 123 cm³/mol. The number of ether oxygens (including phenoxy) is 2. The standard InChI is InChI=1S/C20H23BrN4O3S/c1-4-27-16-9-14(8-15(21)19(16)28-11-17(22)26)10-23-25-20(29)24-18-12(2)6-5-7-13(18)3/h5-10H,4,11H2,1-3H3,(H2,22,26)(H2,24,25,29)/b23-10-. The van der Waals surface area contributed by atoms with Crippen molar-refractivity contribution in [1.82, 2.24) is 5.43 Å². The van der Waals surface area contributed by atoms with Crippen LogP contribution in [0.25, 0.3) is 0 Å². The maximum Gasteiger partial charge on any atom is 0.255 e. The summed E-state index contributed by atoms with van der Waals surface area (Å²) in [6.07, 6.45) is 1.60. The molecule has 0 aliphatic rings. The normalized spacial score (nSPS) is 10.6. The van der Waals surface area contributed by atoms with Crippen molar-refractivity contribution in [3.8, 4) is 11.5 Å². The SMILES string of the molecule is CCOc1cc(/C=N\NC(=S)Nc2c(C)cccc2C)cc(Br)c1OCC(N)=O. The topological polar surface area (TPSA) is 98.0 Å².